The van der Waals surface area contributed by atoms with E-state index in [0.29, 0.717) is 42.4 Å². The van der Waals surface area contributed by atoms with Gasteiger partial charge in [-0.15, -0.1) is 0 Å². The molecule has 3 rings (SSSR count). The number of methoxy groups -OCH3 is 1. The van der Waals surface area contributed by atoms with Gasteiger partial charge in [0.15, 0.2) is 0 Å². The summed E-state index contributed by atoms with van der Waals surface area (Å²) in [4.78, 5) is 27.2. The third kappa shape index (κ3) is 5.41. The number of hydrogen-bond acceptors (Lipinski definition) is 5. The van der Waals surface area contributed by atoms with Crippen LogP contribution in [0.15, 0.2) is 71.4 Å². The molecule has 2 aromatic rings. The zero-order chi connectivity index (χ0) is 22.2. The van der Waals surface area contributed by atoms with E-state index in [1.54, 1.807) is 31.9 Å². The van der Waals surface area contributed by atoms with E-state index in [1.807, 2.05) is 54.6 Å². The lowest BCUT2D eigenvalue weighted by Gasteiger charge is -2.16. The van der Waals surface area contributed by atoms with Crippen molar-refractivity contribution in [2.45, 2.75) is 20.5 Å². The van der Waals surface area contributed by atoms with Crippen LogP contribution >= 0.6 is 0 Å². The molecule has 0 bridgehead atoms. The largest absolute Gasteiger partial charge is 0.489 e. The molecule has 31 heavy (non-hydrogen) atoms. The first-order chi connectivity index (χ1) is 15.0. The maximum atomic E-state index is 13.1. The van der Waals surface area contributed by atoms with Gasteiger partial charge in [-0.25, -0.2) is 4.79 Å². The molecule has 0 saturated carbocycles. The van der Waals surface area contributed by atoms with Gasteiger partial charge in [0.1, 0.15) is 12.4 Å². The molecule has 0 aliphatic carbocycles. The third-order valence-corrected chi connectivity index (χ3v) is 4.93. The molecule has 1 aliphatic rings. The monoisotopic (exact) mass is 421 g/mol. The topological polar surface area (TPSA) is 65.1 Å². The Balaban J connectivity index is 1.87. The normalized spacial score (nSPS) is 15.0. The minimum absolute atomic E-state index is 0.234. The molecule has 0 spiro atoms. The summed E-state index contributed by atoms with van der Waals surface area (Å²) >= 11 is 0. The smallest absolute Gasteiger partial charge is 0.340 e. The van der Waals surface area contributed by atoms with Crippen LogP contribution in [0.25, 0.3) is 6.08 Å². The van der Waals surface area contributed by atoms with Gasteiger partial charge in [0, 0.05) is 19.4 Å². The molecule has 0 radical (unpaired) electrons. The first kappa shape index (κ1) is 22.3. The van der Waals surface area contributed by atoms with E-state index in [1.165, 1.54) is 0 Å². The minimum atomic E-state index is -0.504. The Hall–Kier alpha value is -3.38. The fourth-order valence-corrected chi connectivity index (χ4v) is 3.38. The van der Waals surface area contributed by atoms with E-state index in [0.717, 1.165) is 11.1 Å². The van der Waals surface area contributed by atoms with Crippen molar-refractivity contribution in [3.05, 3.63) is 82.6 Å². The van der Waals surface area contributed by atoms with Crippen LogP contribution in [0, 0.1) is 0 Å². The second-order valence-electron chi connectivity index (χ2n) is 7.04. The molecule has 162 valence electrons. The molecule has 6 nitrogen and oxygen atoms in total. The molecule has 0 saturated heterocycles. The van der Waals surface area contributed by atoms with Crippen LogP contribution < -0.4 is 4.74 Å². The average Bonchev–Trinajstić information content (AvgIpc) is 3.01. The van der Waals surface area contributed by atoms with Crippen molar-refractivity contribution in [1.82, 2.24) is 4.90 Å². The van der Waals surface area contributed by atoms with Gasteiger partial charge >= 0.3 is 5.97 Å². The molecule has 2 aromatic carbocycles. The first-order valence-corrected chi connectivity index (χ1v) is 10.2. The van der Waals surface area contributed by atoms with Gasteiger partial charge in [-0.3, -0.25) is 4.79 Å². The molecular formula is C25H27NO5. The van der Waals surface area contributed by atoms with Crippen molar-refractivity contribution in [2.75, 3.05) is 26.9 Å². The number of hydrogen-bond donors (Lipinski definition) is 0. The first-order valence-electron chi connectivity index (χ1n) is 10.2. The molecule has 1 heterocycles. The van der Waals surface area contributed by atoms with Crippen LogP contribution in [0.1, 0.15) is 25.0 Å². The SMILES string of the molecule is CCOC(=O)C1=C(C)N(CCOC)C(=O)/C1=C\c1cccc(OCc2ccccc2)c1. The number of esters is 1. The van der Waals surface area contributed by atoms with E-state index in [4.69, 9.17) is 14.2 Å². The van der Waals surface area contributed by atoms with Crippen molar-refractivity contribution in [2.24, 2.45) is 0 Å². The number of carbonyl (C=O) groups excluding carboxylic acids is 2. The van der Waals surface area contributed by atoms with E-state index < -0.39 is 5.97 Å². The lowest BCUT2D eigenvalue weighted by molar-refractivity contribution is -0.138. The summed E-state index contributed by atoms with van der Waals surface area (Å²) in [6.07, 6.45) is 1.71. The molecule has 0 atom stereocenters. The van der Waals surface area contributed by atoms with E-state index in [-0.39, 0.29) is 12.5 Å². The Bertz CT molecular complexity index is 994. The highest BCUT2D eigenvalue weighted by atomic mass is 16.5. The van der Waals surface area contributed by atoms with Gasteiger partial charge in [0.2, 0.25) is 0 Å². The number of amides is 1. The number of ether oxygens (including phenoxy) is 3. The van der Waals surface area contributed by atoms with E-state index in [9.17, 15) is 9.59 Å². The fraction of sp³-hybridized carbons (Fsp3) is 0.280. The number of allylic oxidation sites excluding steroid dienone is 1. The highest BCUT2D eigenvalue weighted by Gasteiger charge is 2.36. The number of benzene rings is 2. The molecule has 0 fully saturated rings. The lowest BCUT2D eigenvalue weighted by Crippen LogP contribution is -2.28. The predicted octanol–water partition coefficient (Wildman–Crippen LogP) is 3.97. The van der Waals surface area contributed by atoms with Crippen molar-refractivity contribution in [3.63, 3.8) is 0 Å². The van der Waals surface area contributed by atoms with Crippen molar-refractivity contribution < 1.29 is 23.8 Å². The van der Waals surface area contributed by atoms with Crippen LogP contribution in [0.3, 0.4) is 0 Å². The standard InChI is InChI=1S/C25H27NO5/c1-4-30-25(28)23-18(2)26(13-14-29-3)24(27)22(23)16-20-11-8-12-21(15-20)31-17-19-9-6-5-7-10-19/h5-12,15-16H,4,13-14,17H2,1-3H3/b22-16-. The van der Waals surface area contributed by atoms with Crippen LogP contribution in [0.2, 0.25) is 0 Å². The highest BCUT2D eigenvalue weighted by Crippen LogP contribution is 2.32. The summed E-state index contributed by atoms with van der Waals surface area (Å²) < 4.78 is 16.2. The minimum Gasteiger partial charge on any atom is -0.489 e. The average molecular weight is 421 g/mol. The van der Waals surface area contributed by atoms with Gasteiger partial charge < -0.3 is 19.1 Å². The summed E-state index contributed by atoms with van der Waals surface area (Å²) in [5, 5.41) is 0. The van der Waals surface area contributed by atoms with E-state index in [2.05, 4.69) is 0 Å². The van der Waals surface area contributed by atoms with Crippen LogP contribution in [0.5, 0.6) is 5.75 Å². The molecular weight excluding hydrogens is 394 g/mol. The number of carbonyl (C=O) groups is 2. The molecule has 1 amide bonds. The Morgan fingerprint density at radius 2 is 1.87 bits per heavy atom. The van der Waals surface area contributed by atoms with Gasteiger partial charge in [-0.05, 0) is 43.2 Å². The summed E-state index contributed by atoms with van der Waals surface area (Å²) in [6.45, 7) is 4.90. The Morgan fingerprint density at radius 1 is 1.10 bits per heavy atom. The maximum Gasteiger partial charge on any atom is 0.340 e. The summed E-state index contributed by atoms with van der Waals surface area (Å²) in [5.41, 5.74) is 3.00. The molecule has 0 aromatic heterocycles. The van der Waals surface area contributed by atoms with Crippen molar-refractivity contribution in [3.8, 4) is 5.75 Å². The molecule has 6 heteroatoms. The number of rotatable bonds is 9. The Labute approximate surface area is 182 Å². The quantitative estimate of drug-likeness (QED) is 0.453. The fourth-order valence-electron chi connectivity index (χ4n) is 3.38. The molecule has 0 unspecified atom stereocenters. The van der Waals surface area contributed by atoms with Crippen molar-refractivity contribution >= 4 is 18.0 Å². The molecule has 0 N–H and O–H groups in total. The van der Waals surface area contributed by atoms with Crippen LogP contribution in [0.4, 0.5) is 0 Å². The van der Waals surface area contributed by atoms with Gasteiger partial charge in [0.25, 0.3) is 5.91 Å². The van der Waals surface area contributed by atoms with Crippen LogP contribution in [-0.2, 0) is 25.7 Å². The zero-order valence-electron chi connectivity index (χ0n) is 18.1. The summed E-state index contributed by atoms with van der Waals surface area (Å²) in [7, 11) is 1.57. The van der Waals surface area contributed by atoms with Crippen molar-refractivity contribution in [1.29, 1.82) is 0 Å². The predicted molar refractivity (Wildman–Crippen MR) is 118 cm³/mol. The van der Waals surface area contributed by atoms with Gasteiger partial charge in [-0.1, -0.05) is 42.5 Å². The Kier molecular flexibility index (Phi) is 7.62. The second-order valence-corrected chi connectivity index (χ2v) is 7.04. The number of nitrogens with zero attached hydrogens (tertiary/aromatic N) is 1. The summed E-state index contributed by atoms with van der Waals surface area (Å²) in [5.74, 6) is -0.0671. The highest BCUT2D eigenvalue weighted by molar-refractivity contribution is 6.16. The third-order valence-electron chi connectivity index (χ3n) is 4.93. The zero-order valence-corrected chi connectivity index (χ0v) is 18.1. The van der Waals surface area contributed by atoms with Gasteiger partial charge in [-0.2, -0.15) is 0 Å². The lowest BCUT2D eigenvalue weighted by atomic mass is 10.0. The Morgan fingerprint density at radius 3 is 2.58 bits per heavy atom. The van der Waals surface area contributed by atoms with Crippen LogP contribution in [-0.4, -0.2) is 43.6 Å². The maximum absolute atomic E-state index is 13.1. The van der Waals surface area contributed by atoms with Gasteiger partial charge in [0.05, 0.1) is 24.4 Å². The van der Waals surface area contributed by atoms with E-state index >= 15 is 0 Å². The summed E-state index contributed by atoms with van der Waals surface area (Å²) in [6, 6.07) is 17.3. The molecule has 1 aliphatic heterocycles. The second kappa shape index (κ2) is 10.6.